The number of piperidine rings is 1. The zero-order valence-corrected chi connectivity index (χ0v) is 12.5. The summed E-state index contributed by atoms with van der Waals surface area (Å²) in [5.41, 5.74) is 3.76. The van der Waals surface area contributed by atoms with Crippen molar-refractivity contribution in [1.82, 2.24) is 5.32 Å². The zero-order valence-electron chi connectivity index (χ0n) is 12.5. The molecule has 1 heterocycles. The van der Waals surface area contributed by atoms with E-state index in [1.54, 1.807) is 7.11 Å². The number of benzene rings is 1. The summed E-state index contributed by atoms with van der Waals surface area (Å²) >= 11 is 0. The van der Waals surface area contributed by atoms with Crippen molar-refractivity contribution in [2.75, 3.05) is 20.2 Å². The fourth-order valence-electron chi connectivity index (χ4n) is 2.77. The minimum Gasteiger partial charge on any atom is -0.496 e. The van der Waals surface area contributed by atoms with E-state index in [0.717, 1.165) is 31.7 Å². The van der Waals surface area contributed by atoms with Crippen LogP contribution in [0.5, 0.6) is 5.75 Å². The van der Waals surface area contributed by atoms with Gasteiger partial charge in [-0.25, -0.2) is 0 Å². The Balaban J connectivity index is 2.10. The van der Waals surface area contributed by atoms with E-state index in [0.29, 0.717) is 6.10 Å². The summed E-state index contributed by atoms with van der Waals surface area (Å²) in [4.78, 5) is 0. The smallest absolute Gasteiger partial charge is 0.122 e. The Morgan fingerprint density at radius 1 is 1.16 bits per heavy atom. The van der Waals surface area contributed by atoms with Gasteiger partial charge >= 0.3 is 0 Å². The molecule has 1 atom stereocenters. The molecule has 1 aliphatic heterocycles. The summed E-state index contributed by atoms with van der Waals surface area (Å²) in [6.45, 7) is 8.54. The van der Waals surface area contributed by atoms with Gasteiger partial charge in [0.25, 0.3) is 0 Å². The highest BCUT2D eigenvalue weighted by atomic mass is 16.5. The van der Waals surface area contributed by atoms with Crippen LogP contribution >= 0.6 is 0 Å². The molecular formula is C16H25NO2. The average Bonchev–Trinajstić information content (AvgIpc) is 2.42. The van der Waals surface area contributed by atoms with Crippen LogP contribution in [0.4, 0.5) is 0 Å². The van der Waals surface area contributed by atoms with E-state index in [4.69, 9.17) is 9.47 Å². The molecule has 0 aliphatic carbocycles. The maximum Gasteiger partial charge on any atom is 0.122 e. The molecular weight excluding hydrogens is 238 g/mol. The molecule has 0 spiro atoms. The molecule has 3 nitrogen and oxygen atoms in total. The van der Waals surface area contributed by atoms with Crippen molar-refractivity contribution < 1.29 is 9.47 Å². The third-order valence-electron chi connectivity index (χ3n) is 4.12. The SMILES string of the molecule is COc1ccc(C(C)OC2CCNCC2)c(C)c1C. The van der Waals surface area contributed by atoms with Crippen molar-refractivity contribution in [2.45, 2.75) is 45.8 Å². The average molecular weight is 263 g/mol. The van der Waals surface area contributed by atoms with Crippen LogP contribution in [0, 0.1) is 13.8 Å². The van der Waals surface area contributed by atoms with Gasteiger partial charge in [0, 0.05) is 0 Å². The first-order valence-electron chi connectivity index (χ1n) is 7.13. The third kappa shape index (κ3) is 3.28. The van der Waals surface area contributed by atoms with Crippen LogP contribution in [-0.4, -0.2) is 26.3 Å². The van der Waals surface area contributed by atoms with Crippen molar-refractivity contribution in [3.8, 4) is 5.75 Å². The lowest BCUT2D eigenvalue weighted by atomic mass is 9.98. The van der Waals surface area contributed by atoms with Gasteiger partial charge in [0.05, 0.1) is 19.3 Å². The van der Waals surface area contributed by atoms with Crippen LogP contribution in [0.15, 0.2) is 12.1 Å². The molecule has 2 rings (SSSR count). The monoisotopic (exact) mass is 263 g/mol. The maximum absolute atomic E-state index is 6.21. The Hall–Kier alpha value is -1.06. The van der Waals surface area contributed by atoms with Crippen molar-refractivity contribution in [3.05, 3.63) is 28.8 Å². The van der Waals surface area contributed by atoms with Crippen molar-refractivity contribution in [3.63, 3.8) is 0 Å². The van der Waals surface area contributed by atoms with E-state index in [-0.39, 0.29) is 6.10 Å². The number of rotatable bonds is 4. The van der Waals surface area contributed by atoms with Gasteiger partial charge in [-0.15, -0.1) is 0 Å². The van der Waals surface area contributed by atoms with Crippen molar-refractivity contribution in [1.29, 1.82) is 0 Å². The fraction of sp³-hybridized carbons (Fsp3) is 0.625. The van der Waals surface area contributed by atoms with Crippen LogP contribution in [0.3, 0.4) is 0 Å². The summed E-state index contributed by atoms with van der Waals surface area (Å²) in [5, 5.41) is 3.37. The molecule has 1 aromatic rings. The van der Waals surface area contributed by atoms with Gasteiger partial charge in [-0.2, -0.15) is 0 Å². The number of nitrogens with one attached hydrogen (secondary N) is 1. The molecule has 19 heavy (non-hydrogen) atoms. The largest absolute Gasteiger partial charge is 0.496 e. The van der Waals surface area contributed by atoms with E-state index < -0.39 is 0 Å². The van der Waals surface area contributed by atoms with Gasteiger partial charge in [-0.3, -0.25) is 0 Å². The lowest BCUT2D eigenvalue weighted by Gasteiger charge is -2.27. The van der Waals surface area contributed by atoms with Gasteiger partial charge in [-0.05, 0) is 69.5 Å². The van der Waals surface area contributed by atoms with Crippen molar-refractivity contribution in [2.24, 2.45) is 0 Å². The zero-order chi connectivity index (χ0) is 13.8. The van der Waals surface area contributed by atoms with Gasteiger partial charge in [0.2, 0.25) is 0 Å². The van der Waals surface area contributed by atoms with E-state index in [2.05, 4.69) is 32.2 Å². The second-order valence-corrected chi connectivity index (χ2v) is 5.33. The molecule has 1 aromatic carbocycles. The molecule has 1 saturated heterocycles. The number of hydrogen-bond acceptors (Lipinski definition) is 3. The topological polar surface area (TPSA) is 30.5 Å². The van der Waals surface area contributed by atoms with E-state index >= 15 is 0 Å². The molecule has 1 fully saturated rings. The first-order chi connectivity index (χ1) is 9.13. The van der Waals surface area contributed by atoms with Crippen LogP contribution in [0.25, 0.3) is 0 Å². The normalized spacial score (nSPS) is 18.3. The number of hydrogen-bond donors (Lipinski definition) is 1. The van der Waals surface area contributed by atoms with Crippen LogP contribution < -0.4 is 10.1 Å². The van der Waals surface area contributed by atoms with Crippen LogP contribution in [-0.2, 0) is 4.74 Å². The molecule has 0 bridgehead atoms. The van der Waals surface area contributed by atoms with Gasteiger partial charge in [-0.1, -0.05) is 6.07 Å². The van der Waals surface area contributed by atoms with E-state index in [1.165, 1.54) is 16.7 Å². The predicted molar refractivity (Wildman–Crippen MR) is 77.9 cm³/mol. The highest BCUT2D eigenvalue weighted by molar-refractivity contribution is 5.44. The summed E-state index contributed by atoms with van der Waals surface area (Å²) in [7, 11) is 1.72. The van der Waals surface area contributed by atoms with Gasteiger partial charge < -0.3 is 14.8 Å². The summed E-state index contributed by atoms with van der Waals surface area (Å²) < 4.78 is 11.6. The fourth-order valence-corrected chi connectivity index (χ4v) is 2.77. The highest BCUT2D eigenvalue weighted by Crippen LogP contribution is 2.30. The number of ether oxygens (including phenoxy) is 2. The Bertz CT molecular complexity index is 425. The molecule has 0 radical (unpaired) electrons. The van der Waals surface area contributed by atoms with E-state index in [9.17, 15) is 0 Å². The molecule has 0 amide bonds. The van der Waals surface area contributed by atoms with Crippen LogP contribution in [0.2, 0.25) is 0 Å². The maximum atomic E-state index is 6.21. The lowest BCUT2D eigenvalue weighted by molar-refractivity contribution is -0.0189. The second kappa shape index (κ2) is 6.40. The molecule has 1 aliphatic rings. The Labute approximate surface area is 116 Å². The Morgan fingerprint density at radius 3 is 2.47 bits per heavy atom. The predicted octanol–water partition coefficient (Wildman–Crippen LogP) is 3.14. The molecule has 1 N–H and O–H groups in total. The quantitative estimate of drug-likeness (QED) is 0.905. The summed E-state index contributed by atoms with van der Waals surface area (Å²) in [6.07, 6.45) is 2.75. The van der Waals surface area contributed by atoms with Gasteiger partial charge in [0.1, 0.15) is 5.75 Å². The second-order valence-electron chi connectivity index (χ2n) is 5.33. The van der Waals surface area contributed by atoms with Crippen molar-refractivity contribution >= 4 is 0 Å². The lowest BCUT2D eigenvalue weighted by Crippen LogP contribution is -2.33. The molecule has 1 unspecified atom stereocenters. The first-order valence-corrected chi connectivity index (χ1v) is 7.13. The third-order valence-corrected chi connectivity index (χ3v) is 4.12. The van der Waals surface area contributed by atoms with E-state index in [1.807, 2.05) is 6.07 Å². The number of methoxy groups -OCH3 is 1. The molecule has 106 valence electrons. The Morgan fingerprint density at radius 2 is 1.84 bits per heavy atom. The highest BCUT2D eigenvalue weighted by Gasteiger charge is 2.19. The molecule has 0 saturated carbocycles. The van der Waals surface area contributed by atoms with Gasteiger partial charge in [0.15, 0.2) is 0 Å². The minimum atomic E-state index is 0.146. The summed E-state index contributed by atoms with van der Waals surface area (Å²) in [6, 6.07) is 4.17. The summed E-state index contributed by atoms with van der Waals surface area (Å²) in [5.74, 6) is 0.954. The molecule has 0 aromatic heterocycles. The van der Waals surface area contributed by atoms with Crippen LogP contribution in [0.1, 0.15) is 42.6 Å². The molecule has 3 heteroatoms. The Kier molecular flexibility index (Phi) is 4.83. The standard InChI is InChI=1S/C16H25NO2/c1-11-12(2)16(18-4)6-5-15(11)13(3)19-14-7-9-17-10-8-14/h5-6,13-14,17H,7-10H2,1-4H3. The minimum absolute atomic E-state index is 0.146. The first kappa shape index (κ1) is 14.4.